The van der Waals surface area contributed by atoms with E-state index in [2.05, 4.69) is 24.5 Å². The van der Waals surface area contributed by atoms with Crippen molar-refractivity contribution >= 4 is 23.1 Å². The molecule has 0 spiro atoms. The lowest BCUT2D eigenvalue weighted by atomic mass is 9.73. The Labute approximate surface area is 224 Å². The number of carbonyl (C=O) groups is 2. The lowest BCUT2D eigenvalue weighted by Gasteiger charge is -2.38. The molecule has 2 aromatic carbocycles. The third-order valence-corrected chi connectivity index (χ3v) is 7.04. The van der Waals surface area contributed by atoms with Crippen LogP contribution < -0.4 is 25.0 Å². The number of hydrogen-bond donors (Lipinski definition) is 2. The van der Waals surface area contributed by atoms with Gasteiger partial charge in [-0.1, -0.05) is 26.0 Å². The van der Waals surface area contributed by atoms with Crippen LogP contribution in [-0.4, -0.2) is 59.5 Å². The Hall–Kier alpha value is -3.56. The highest BCUT2D eigenvalue weighted by atomic mass is 16.7. The summed E-state index contributed by atoms with van der Waals surface area (Å²) in [5.41, 5.74) is 3.65. The Kier molecular flexibility index (Phi) is 8.28. The molecule has 0 saturated carbocycles. The summed E-state index contributed by atoms with van der Waals surface area (Å²) in [5.74, 6) is 1.03. The minimum Gasteiger partial charge on any atom is -0.497 e. The van der Waals surface area contributed by atoms with Gasteiger partial charge in [-0.25, -0.2) is 0 Å². The van der Waals surface area contributed by atoms with Gasteiger partial charge in [-0.05, 0) is 42.2 Å². The molecule has 1 amide bonds. The van der Waals surface area contributed by atoms with Crippen LogP contribution in [0.5, 0.6) is 11.5 Å². The smallest absolute Gasteiger partial charge is 0.239 e. The van der Waals surface area contributed by atoms with Crippen LogP contribution in [0.4, 0.5) is 11.4 Å². The number of methoxy groups -OCH3 is 4. The Morgan fingerprint density at radius 3 is 2.50 bits per heavy atom. The van der Waals surface area contributed by atoms with Crippen LogP contribution in [0.1, 0.15) is 38.3 Å². The molecule has 1 heterocycles. The van der Waals surface area contributed by atoms with E-state index in [0.717, 1.165) is 22.6 Å². The van der Waals surface area contributed by atoms with Crippen molar-refractivity contribution in [2.45, 2.75) is 39.0 Å². The second-order valence-corrected chi connectivity index (χ2v) is 10.3. The fraction of sp³-hybridized carbons (Fsp3) is 0.448. The zero-order valence-corrected chi connectivity index (χ0v) is 22.9. The van der Waals surface area contributed by atoms with E-state index in [1.807, 2.05) is 47.4 Å². The van der Waals surface area contributed by atoms with E-state index >= 15 is 0 Å². The first kappa shape index (κ1) is 27.5. The maximum absolute atomic E-state index is 13.9. The molecule has 1 unspecified atom stereocenters. The van der Waals surface area contributed by atoms with Crippen LogP contribution in [0.15, 0.2) is 53.7 Å². The van der Waals surface area contributed by atoms with Crippen molar-refractivity contribution in [1.82, 2.24) is 5.32 Å². The highest BCUT2D eigenvalue weighted by molar-refractivity contribution is 6.02. The van der Waals surface area contributed by atoms with E-state index in [-0.39, 0.29) is 30.2 Å². The molecule has 2 N–H and O–H groups in total. The summed E-state index contributed by atoms with van der Waals surface area (Å²) in [4.78, 5) is 29.2. The third-order valence-electron chi connectivity index (χ3n) is 7.04. The van der Waals surface area contributed by atoms with Crippen molar-refractivity contribution in [3.63, 3.8) is 0 Å². The molecule has 0 saturated heterocycles. The highest BCUT2D eigenvalue weighted by Gasteiger charge is 2.43. The topological polar surface area (TPSA) is 98.4 Å². The van der Waals surface area contributed by atoms with Gasteiger partial charge >= 0.3 is 0 Å². The maximum Gasteiger partial charge on any atom is 0.239 e. The van der Waals surface area contributed by atoms with Gasteiger partial charge < -0.3 is 34.5 Å². The minimum atomic E-state index is -0.596. The van der Waals surface area contributed by atoms with E-state index in [1.54, 1.807) is 14.2 Å². The number of carbonyl (C=O) groups excluding carboxylic acids is 2. The summed E-state index contributed by atoms with van der Waals surface area (Å²) in [7, 11) is 6.24. The maximum atomic E-state index is 13.9. The second kappa shape index (κ2) is 11.4. The minimum absolute atomic E-state index is 0.0165. The number of rotatable bonds is 9. The molecule has 4 rings (SSSR count). The normalized spacial score (nSPS) is 18.3. The van der Waals surface area contributed by atoms with Gasteiger partial charge in [-0.15, -0.1) is 0 Å². The predicted octanol–water partition coefficient (Wildman–Crippen LogP) is 4.06. The van der Waals surface area contributed by atoms with Gasteiger partial charge in [0.05, 0.1) is 44.7 Å². The van der Waals surface area contributed by atoms with Gasteiger partial charge in [0, 0.05) is 37.5 Å². The van der Waals surface area contributed by atoms with Crippen molar-refractivity contribution in [2.75, 3.05) is 51.7 Å². The summed E-state index contributed by atoms with van der Waals surface area (Å²) in [5, 5.41) is 6.45. The highest BCUT2D eigenvalue weighted by Crippen LogP contribution is 2.50. The lowest BCUT2D eigenvalue weighted by Crippen LogP contribution is -2.44. The van der Waals surface area contributed by atoms with E-state index in [0.29, 0.717) is 29.9 Å². The number of ketones is 1. The first-order chi connectivity index (χ1) is 18.2. The summed E-state index contributed by atoms with van der Waals surface area (Å²) in [6.07, 6.45) is 0.521. The Bertz CT molecular complexity index is 1220. The quantitative estimate of drug-likeness (QED) is 0.475. The van der Waals surface area contributed by atoms with Crippen LogP contribution in [0.25, 0.3) is 0 Å². The fourth-order valence-electron chi connectivity index (χ4n) is 5.27. The van der Waals surface area contributed by atoms with Crippen LogP contribution in [0.2, 0.25) is 0 Å². The molecule has 1 atom stereocenters. The number of allylic oxidation sites excluding steroid dienone is 1. The van der Waals surface area contributed by atoms with Gasteiger partial charge in [0.1, 0.15) is 11.5 Å². The standard InChI is InChI=1S/C29H37N3O6/c1-29(2)14-21-27(23(33)15-29)28(19-13-18(35-3)11-12-24(19)36-4)32(22-10-8-7-9-20(22)31-21)17-25(34)30-16-26(37-5)38-6/h7-13,26,28,31H,14-17H2,1-6H3,(H,30,34). The Balaban J connectivity index is 1.89. The Morgan fingerprint density at radius 1 is 1.08 bits per heavy atom. The number of hydrogen-bond acceptors (Lipinski definition) is 8. The molecule has 2 aromatic rings. The molecule has 0 aromatic heterocycles. The second-order valence-electron chi connectivity index (χ2n) is 10.3. The van der Waals surface area contributed by atoms with E-state index in [9.17, 15) is 9.59 Å². The van der Waals surface area contributed by atoms with Crippen molar-refractivity contribution < 1.29 is 28.5 Å². The van der Waals surface area contributed by atoms with E-state index < -0.39 is 12.3 Å². The summed E-state index contributed by atoms with van der Waals surface area (Å²) in [6, 6.07) is 12.7. The number of ether oxygens (including phenoxy) is 4. The molecule has 204 valence electrons. The van der Waals surface area contributed by atoms with Gasteiger partial charge in [0.15, 0.2) is 12.1 Å². The van der Waals surface area contributed by atoms with Crippen LogP contribution in [0, 0.1) is 5.41 Å². The van der Waals surface area contributed by atoms with Crippen molar-refractivity contribution in [1.29, 1.82) is 0 Å². The third kappa shape index (κ3) is 5.63. The molecule has 9 nitrogen and oxygen atoms in total. The van der Waals surface area contributed by atoms with Gasteiger partial charge in [0.2, 0.25) is 5.91 Å². The molecule has 0 bridgehead atoms. The molecule has 2 aliphatic rings. The van der Waals surface area contributed by atoms with Crippen molar-refractivity contribution in [2.24, 2.45) is 5.41 Å². The monoisotopic (exact) mass is 523 g/mol. The number of nitrogens with one attached hydrogen (secondary N) is 2. The molecule has 38 heavy (non-hydrogen) atoms. The van der Waals surface area contributed by atoms with Crippen molar-refractivity contribution in [3.8, 4) is 11.5 Å². The van der Waals surface area contributed by atoms with Crippen molar-refractivity contribution in [3.05, 3.63) is 59.3 Å². The first-order valence-electron chi connectivity index (χ1n) is 12.6. The molecule has 1 aliphatic heterocycles. The average molecular weight is 524 g/mol. The lowest BCUT2D eigenvalue weighted by molar-refractivity contribution is -0.126. The molecule has 0 radical (unpaired) electrons. The van der Waals surface area contributed by atoms with E-state index in [4.69, 9.17) is 18.9 Å². The summed E-state index contributed by atoms with van der Waals surface area (Å²) < 4.78 is 21.8. The fourth-order valence-corrected chi connectivity index (χ4v) is 5.27. The van der Waals surface area contributed by atoms with Gasteiger partial charge in [-0.3, -0.25) is 9.59 Å². The predicted molar refractivity (Wildman–Crippen MR) is 146 cm³/mol. The number of benzene rings is 2. The largest absolute Gasteiger partial charge is 0.497 e. The van der Waals surface area contributed by atoms with Gasteiger partial charge in [0.25, 0.3) is 0 Å². The molecular weight excluding hydrogens is 486 g/mol. The van der Waals surface area contributed by atoms with Crippen LogP contribution in [-0.2, 0) is 19.1 Å². The van der Waals surface area contributed by atoms with Gasteiger partial charge in [-0.2, -0.15) is 0 Å². The summed E-state index contributed by atoms with van der Waals surface area (Å²) >= 11 is 0. The Morgan fingerprint density at radius 2 is 1.82 bits per heavy atom. The number of Topliss-reactive ketones (excluding diaryl/α,β-unsaturated/α-hetero) is 1. The summed E-state index contributed by atoms with van der Waals surface area (Å²) in [6.45, 7) is 4.37. The number of anilines is 2. The average Bonchev–Trinajstić information content (AvgIpc) is 3.02. The number of fused-ring (bicyclic) bond motifs is 1. The van der Waals surface area contributed by atoms with Crippen LogP contribution in [0.3, 0.4) is 0 Å². The first-order valence-corrected chi connectivity index (χ1v) is 12.6. The SMILES string of the molecule is COc1ccc(OC)c(C2C3=C(CC(C)(C)CC3=O)Nc3ccccc3N2CC(=O)NCC(OC)OC)c1. The number of amides is 1. The number of nitrogens with zero attached hydrogens (tertiary/aromatic N) is 1. The van der Waals surface area contributed by atoms with E-state index in [1.165, 1.54) is 14.2 Å². The molecule has 9 heteroatoms. The molecular formula is C29H37N3O6. The van der Waals surface area contributed by atoms with Crippen LogP contribution >= 0.6 is 0 Å². The zero-order valence-electron chi connectivity index (χ0n) is 22.9. The molecule has 0 fully saturated rings. The number of para-hydroxylation sites is 2. The molecule has 1 aliphatic carbocycles. The zero-order chi connectivity index (χ0) is 27.4.